The van der Waals surface area contributed by atoms with Gasteiger partial charge in [-0.1, -0.05) is 19.3 Å². The van der Waals surface area contributed by atoms with Crippen LogP contribution in [0.3, 0.4) is 0 Å². The Labute approximate surface area is 106 Å². The summed E-state index contributed by atoms with van der Waals surface area (Å²) in [6.07, 6.45) is 10.3. The summed E-state index contributed by atoms with van der Waals surface area (Å²) in [6, 6.07) is 1.65. The van der Waals surface area contributed by atoms with Crippen molar-refractivity contribution in [3.05, 3.63) is 0 Å². The second-order valence-electron chi connectivity index (χ2n) is 6.56. The van der Waals surface area contributed by atoms with Gasteiger partial charge in [-0.2, -0.15) is 0 Å². The smallest absolute Gasteiger partial charge is 0.0235 e. The fraction of sp³-hybridized carbons (Fsp3) is 1.00. The molecule has 2 saturated heterocycles. The lowest BCUT2D eigenvalue weighted by Crippen LogP contribution is -2.42. The number of hydrogen-bond donors (Lipinski definition) is 1. The third kappa shape index (κ3) is 2.53. The molecule has 0 radical (unpaired) electrons. The van der Waals surface area contributed by atoms with Crippen molar-refractivity contribution in [3.63, 3.8) is 0 Å². The highest BCUT2D eigenvalue weighted by atomic mass is 15.2. The van der Waals surface area contributed by atoms with E-state index in [0.29, 0.717) is 0 Å². The van der Waals surface area contributed by atoms with Gasteiger partial charge in [0.25, 0.3) is 0 Å². The minimum absolute atomic E-state index is 0.815. The predicted molar refractivity (Wildman–Crippen MR) is 72.1 cm³/mol. The van der Waals surface area contributed by atoms with Crippen LogP contribution in [0.4, 0.5) is 0 Å². The Morgan fingerprint density at radius 1 is 1.00 bits per heavy atom. The molecule has 17 heavy (non-hydrogen) atoms. The van der Waals surface area contributed by atoms with Gasteiger partial charge in [-0.25, -0.2) is 0 Å². The number of rotatable bonds is 2. The zero-order chi connectivity index (χ0) is 11.7. The van der Waals surface area contributed by atoms with E-state index in [1.165, 1.54) is 64.6 Å². The van der Waals surface area contributed by atoms with Gasteiger partial charge in [0.15, 0.2) is 0 Å². The maximum atomic E-state index is 3.73. The van der Waals surface area contributed by atoms with E-state index in [0.717, 1.165) is 23.9 Å². The Morgan fingerprint density at radius 3 is 2.59 bits per heavy atom. The largest absolute Gasteiger partial charge is 0.312 e. The van der Waals surface area contributed by atoms with Crippen LogP contribution in [0.5, 0.6) is 0 Å². The first kappa shape index (κ1) is 12.0. The molecule has 2 nitrogen and oxygen atoms in total. The summed E-state index contributed by atoms with van der Waals surface area (Å²) in [5.41, 5.74) is 0. The van der Waals surface area contributed by atoms with Crippen LogP contribution >= 0.6 is 0 Å². The topological polar surface area (TPSA) is 15.3 Å². The van der Waals surface area contributed by atoms with Crippen LogP contribution in [0.2, 0.25) is 0 Å². The first-order valence-corrected chi connectivity index (χ1v) is 7.82. The second-order valence-corrected chi connectivity index (χ2v) is 6.56. The lowest BCUT2D eigenvalue weighted by atomic mass is 9.84. The lowest BCUT2D eigenvalue weighted by Gasteiger charge is -2.34. The molecule has 2 heteroatoms. The monoisotopic (exact) mass is 236 g/mol. The molecule has 1 N–H and O–H groups in total. The van der Waals surface area contributed by atoms with Gasteiger partial charge in [0.2, 0.25) is 0 Å². The summed E-state index contributed by atoms with van der Waals surface area (Å²) in [6.45, 7) is 6.44. The zero-order valence-electron chi connectivity index (χ0n) is 11.3. The third-order valence-electron chi connectivity index (χ3n) is 5.54. The molecule has 3 rings (SSSR count). The molecule has 0 spiro atoms. The Hall–Kier alpha value is -0.0800. The Balaban J connectivity index is 1.57. The minimum atomic E-state index is 0.815. The van der Waals surface area contributed by atoms with Crippen molar-refractivity contribution < 1.29 is 0 Å². The molecule has 0 bridgehead atoms. The molecule has 2 heterocycles. The van der Waals surface area contributed by atoms with Gasteiger partial charge in [0.05, 0.1) is 0 Å². The number of fused-ring (bicyclic) bond motifs is 1. The van der Waals surface area contributed by atoms with Gasteiger partial charge >= 0.3 is 0 Å². The van der Waals surface area contributed by atoms with Crippen LogP contribution in [0.1, 0.15) is 51.9 Å². The summed E-state index contributed by atoms with van der Waals surface area (Å²) in [5, 5.41) is 3.73. The van der Waals surface area contributed by atoms with Crippen molar-refractivity contribution in [1.29, 1.82) is 0 Å². The normalized spacial score (nSPS) is 37.9. The highest BCUT2D eigenvalue weighted by Crippen LogP contribution is 2.33. The standard InChI is InChI=1S/C15H28N2/c1-12(13-6-3-2-4-7-13)17-10-14-8-5-9-16-15(14)11-17/h12-16H,2-11H2,1H3/t12?,14-,15+/m0/s1. The van der Waals surface area contributed by atoms with Gasteiger partial charge in [-0.05, 0) is 51.0 Å². The highest BCUT2D eigenvalue weighted by Gasteiger charge is 2.37. The average molecular weight is 236 g/mol. The molecule has 2 aliphatic heterocycles. The maximum Gasteiger partial charge on any atom is 0.0235 e. The first-order valence-electron chi connectivity index (χ1n) is 7.82. The highest BCUT2D eigenvalue weighted by molar-refractivity contribution is 4.94. The number of likely N-dealkylation sites (tertiary alicyclic amines) is 1. The van der Waals surface area contributed by atoms with Crippen molar-refractivity contribution in [3.8, 4) is 0 Å². The fourth-order valence-electron chi connectivity index (χ4n) is 4.33. The van der Waals surface area contributed by atoms with Gasteiger partial charge < -0.3 is 5.32 Å². The van der Waals surface area contributed by atoms with Gasteiger partial charge in [-0.3, -0.25) is 4.90 Å². The van der Waals surface area contributed by atoms with E-state index in [-0.39, 0.29) is 0 Å². The summed E-state index contributed by atoms with van der Waals surface area (Å²) >= 11 is 0. The van der Waals surface area contributed by atoms with Gasteiger partial charge in [-0.15, -0.1) is 0 Å². The molecular formula is C15H28N2. The van der Waals surface area contributed by atoms with Crippen LogP contribution in [0.25, 0.3) is 0 Å². The molecule has 98 valence electrons. The molecule has 1 aliphatic carbocycles. The quantitative estimate of drug-likeness (QED) is 0.793. The van der Waals surface area contributed by atoms with E-state index in [1.807, 2.05) is 0 Å². The molecule has 0 aromatic carbocycles. The first-order chi connectivity index (χ1) is 8.34. The molecular weight excluding hydrogens is 208 g/mol. The van der Waals surface area contributed by atoms with E-state index in [1.54, 1.807) is 0 Å². The maximum absolute atomic E-state index is 3.73. The second kappa shape index (κ2) is 5.27. The van der Waals surface area contributed by atoms with Crippen molar-refractivity contribution >= 4 is 0 Å². The summed E-state index contributed by atoms with van der Waals surface area (Å²) < 4.78 is 0. The van der Waals surface area contributed by atoms with E-state index in [4.69, 9.17) is 0 Å². The van der Waals surface area contributed by atoms with E-state index in [2.05, 4.69) is 17.1 Å². The SMILES string of the molecule is CC(C1CCCCC1)N1C[C@@H]2CCCN[C@@H]2C1. The van der Waals surface area contributed by atoms with Crippen molar-refractivity contribution in [2.24, 2.45) is 11.8 Å². The van der Waals surface area contributed by atoms with Crippen molar-refractivity contribution in [2.75, 3.05) is 19.6 Å². The van der Waals surface area contributed by atoms with Crippen LogP contribution in [0.15, 0.2) is 0 Å². The molecule has 1 unspecified atom stereocenters. The zero-order valence-corrected chi connectivity index (χ0v) is 11.3. The van der Waals surface area contributed by atoms with Crippen LogP contribution in [-0.4, -0.2) is 36.6 Å². The van der Waals surface area contributed by atoms with Crippen molar-refractivity contribution in [1.82, 2.24) is 10.2 Å². The van der Waals surface area contributed by atoms with Crippen LogP contribution < -0.4 is 5.32 Å². The summed E-state index contributed by atoms with van der Waals surface area (Å²) in [4.78, 5) is 2.80. The van der Waals surface area contributed by atoms with E-state index >= 15 is 0 Å². The Morgan fingerprint density at radius 2 is 1.82 bits per heavy atom. The number of hydrogen-bond acceptors (Lipinski definition) is 2. The summed E-state index contributed by atoms with van der Waals surface area (Å²) in [7, 11) is 0. The molecule has 0 aromatic rings. The number of piperidine rings is 1. The number of nitrogens with zero attached hydrogens (tertiary/aromatic N) is 1. The molecule has 0 amide bonds. The predicted octanol–water partition coefficient (Wildman–Crippen LogP) is 2.64. The molecule has 1 saturated carbocycles. The summed E-state index contributed by atoms with van der Waals surface area (Å²) in [5.74, 6) is 1.94. The molecule has 3 atom stereocenters. The Kier molecular flexibility index (Phi) is 3.72. The third-order valence-corrected chi connectivity index (χ3v) is 5.54. The van der Waals surface area contributed by atoms with E-state index < -0.39 is 0 Å². The minimum Gasteiger partial charge on any atom is -0.312 e. The molecule has 0 aromatic heterocycles. The van der Waals surface area contributed by atoms with E-state index in [9.17, 15) is 0 Å². The van der Waals surface area contributed by atoms with Crippen molar-refractivity contribution in [2.45, 2.75) is 64.0 Å². The lowest BCUT2D eigenvalue weighted by molar-refractivity contribution is 0.151. The van der Waals surface area contributed by atoms with Crippen LogP contribution in [0, 0.1) is 11.8 Å². The number of nitrogens with one attached hydrogen (secondary N) is 1. The van der Waals surface area contributed by atoms with Crippen LogP contribution in [-0.2, 0) is 0 Å². The van der Waals surface area contributed by atoms with Gasteiger partial charge in [0.1, 0.15) is 0 Å². The average Bonchev–Trinajstić information content (AvgIpc) is 2.82. The molecule has 3 fully saturated rings. The van der Waals surface area contributed by atoms with Gasteiger partial charge in [0, 0.05) is 25.2 Å². The fourth-order valence-corrected chi connectivity index (χ4v) is 4.33. The molecule has 3 aliphatic rings. The Bertz CT molecular complexity index is 233.